The highest BCUT2D eigenvalue weighted by Crippen LogP contribution is 2.26. The van der Waals surface area contributed by atoms with E-state index in [0.29, 0.717) is 12.1 Å². The van der Waals surface area contributed by atoms with Crippen molar-refractivity contribution in [2.45, 2.75) is 82.3 Å². The van der Waals surface area contributed by atoms with Crippen molar-refractivity contribution < 1.29 is 18.0 Å². The Labute approximate surface area is 279 Å². The van der Waals surface area contributed by atoms with Crippen LogP contribution in [0.4, 0.5) is 5.69 Å². The van der Waals surface area contributed by atoms with Gasteiger partial charge in [0.2, 0.25) is 11.8 Å². The molecule has 8 heteroatoms. The lowest BCUT2D eigenvalue weighted by Gasteiger charge is -2.35. The molecular formula is C39H45N3O4S. The summed E-state index contributed by atoms with van der Waals surface area (Å²) in [6.07, 6.45) is 6.19. The average Bonchev–Trinajstić information content (AvgIpc) is 3.10. The second kappa shape index (κ2) is 15.9. The molecule has 0 heterocycles. The fraction of sp³-hybridized carbons (Fsp3) is 0.333. The maximum atomic E-state index is 14.7. The number of sulfonamides is 1. The number of nitrogens with zero attached hydrogens (tertiary/aromatic N) is 2. The third kappa shape index (κ3) is 8.89. The van der Waals surface area contributed by atoms with Gasteiger partial charge >= 0.3 is 0 Å². The van der Waals surface area contributed by atoms with Gasteiger partial charge in [-0.1, -0.05) is 117 Å². The van der Waals surface area contributed by atoms with Crippen LogP contribution in [0.15, 0.2) is 114 Å². The molecule has 1 aliphatic rings. The number of hydrogen-bond acceptors (Lipinski definition) is 4. The zero-order valence-corrected chi connectivity index (χ0v) is 28.2. The monoisotopic (exact) mass is 651 g/mol. The summed E-state index contributed by atoms with van der Waals surface area (Å²) in [6.45, 7) is 3.72. The van der Waals surface area contributed by atoms with Crippen molar-refractivity contribution in [3.05, 3.63) is 131 Å². The highest BCUT2D eigenvalue weighted by molar-refractivity contribution is 7.92. The molecule has 0 aliphatic heterocycles. The fourth-order valence-corrected chi connectivity index (χ4v) is 7.69. The van der Waals surface area contributed by atoms with Crippen LogP contribution in [0.25, 0.3) is 0 Å². The molecule has 0 radical (unpaired) electrons. The third-order valence-electron chi connectivity index (χ3n) is 8.90. The van der Waals surface area contributed by atoms with Gasteiger partial charge in [0.25, 0.3) is 10.0 Å². The van der Waals surface area contributed by atoms with E-state index in [1.54, 1.807) is 35.2 Å². The smallest absolute Gasteiger partial charge is 0.264 e. The van der Waals surface area contributed by atoms with Crippen LogP contribution in [-0.2, 0) is 39.0 Å². The molecule has 0 spiro atoms. The van der Waals surface area contributed by atoms with Gasteiger partial charge in [-0.3, -0.25) is 13.9 Å². The lowest BCUT2D eigenvalue weighted by atomic mass is 9.94. The third-order valence-corrected chi connectivity index (χ3v) is 10.7. The van der Waals surface area contributed by atoms with Crippen molar-refractivity contribution in [1.29, 1.82) is 0 Å². The molecule has 4 aromatic rings. The number of amides is 2. The Morgan fingerprint density at radius 2 is 1.43 bits per heavy atom. The van der Waals surface area contributed by atoms with Crippen LogP contribution in [0.1, 0.15) is 61.3 Å². The fourth-order valence-electron chi connectivity index (χ4n) is 6.25. The van der Waals surface area contributed by atoms with Crippen LogP contribution in [0.5, 0.6) is 0 Å². The molecule has 1 N–H and O–H groups in total. The van der Waals surface area contributed by atoms with E-state index >= 15 is 0 Å². The minimum Gasteiger partial charge on any atom is -0.352 e. The number of carbonyl (C=O) groups excluding carboxylic acids is 2. The minimum atomic E-state index is -4.12. The summed E-state index contributed by atoms with van der Waals surface area (Å²) < 4.78 is 29.5. The Morgan fingerprint density at radius 1 is 0.787 bits per heavy atom. The summed E-state index contributed by atoms with van der Waals surface area (Å²) in [6, 6.07) is 32.2. The standard InChI is InChI=1S/C39H45N3O4S/c1-3-31-22-24-35(25-23-31)42(47(45,46)36-20-11-6-12-21-36)29-38(43)41(28-33-17-13-14-30(2)26-33)37(27-32-15-7-4-8-16-32)39(44)40-34-18-9-5-10-19-34/h4,6-8,11-17,20-26,34,37H,3,5,9-10,18-19,27-29H2,1-2H3,(H,40,44)/t37-/m0/s1. The minimum absolute atomic E-state index is 0.0532. The Hall–Kier alpha value is -4.43. The second-order valence-electron chi connectivity index (χ2n) is 12.4. The number of anilines is 1. The quantitative estimate of drug-likeness (QED) is 0.172. The van der Waals surface area contributed by atoms with Crippen molar-refractivity contribution in [2.75, 3.05) is 10.8 Å². The molecular weight excluding hydrogens is 607 g/mol. The topological polar surface area (TPSA) is 86.8 Å². The lowest BCUT2D eigenvalue weighted by molar-refractivity contribution is -0.140. The molecule has 4 aromatic carbocycles. The van der Waals surface area contributed by atoms with E-state index in [9.17, 15) is 18.0 Å². The van der Waals surface area contributed by atoms with Gasteiger partial charge in [0, 0.05) is 19.0 Å². The second-order valence-corrected chi connectivity index (χ2v) is 14.3. The highest BCUT2D eigenvalue weighted by atomic mass is 32.2. The first-order valence-corrected chi connectivity index (χ1v) is 18.0. The van der Waals surface area contributed by atoms with Crippen molar-refractivity contribution in [3.63, 3.8) is 0 Å². The number of carbonyl (C=O) groups is 2. The van der Waals surface area contributed by atoms with E-state index in [2.05, 4.69) is 5.32 Å². The molecule has 0 aromatic heterocycles. The molecule has 7 nitrogen and oxygen atoms in total. The van der Waals surface area contributed by atoms with Gasteiger partial charge < -0.3 is 10.2 Å². The van der Waals surface area contributed by atoms with Crippen molar-refractivity contribution >= 4 is 27.5 Å². The first kappa shape index (κ1) is 33.9. The molecule has 5 rings (SSSR count). The van der Waals surface area contributed by atoms with Gasteiger partial charge in [-0.2, -0.15) is 0 Å². The number of aryl methyl sites for hydroxylation is 2. The summed E-state index contributed by atoms with van der Waals surface area (Å²) >= 11 is 0. The Balaban J connectivity index is 1.56. The van der Waals surface area contributed by atoms with Gasteiger partial charge in [-0.05, 0) is 67.1 Å². The zero-order valence-electron chi connectivity index (χ0n) is 27.3. The predicted molar refractivity (Wildman–Crippen MR) is 187 cm³/mol. The normalized spacial score (nSPS) is 14.3. The predicted octanol–water partition coefficient (Wildman–Crippen LogP) is 6.84. The van der Waals surface area contributed by atoms with Crippen molar-refractivity contribution in [2.24, 2.45) is 0 Å². The maximum absolute atomic E-state index is 14.7. The first-order valence-electron chi connectivity index (χ1n) is 16.6. The molecule has 2 amide bonds. The molecule has 246 valence electrons. The average molecular weight is 652 g/mol. The molecule has 47 heavy (non-hydrogen) atoms. The highest BCUT2D eigenvalue weighted by Gasteiger charge is 2.35. The van der Waals surface area contributed by atoms with Crippen LogP contribution in [0.2, 0.25) is 0 Å². The number of hydrogen-bond donors (Lipinski definition) is 1. The van der Waals surface area contributed by atoms with Crippen LogP contribution >= 0.6 is 0 Å². The van der Waals surface area contributed by atoms with Gasteiger partial charge in [-0.25, -0.2) is 8.42 Å². The molecule has 0 unspecified atom stereocenters. The van der Waals surface area contributed by atoms with Crippen molar-refractivity contribution in [3.8, 4) is 0 Å². The van der Waals surface area contributed by atoms with E-state index in [4.69, 9.17) is 0 Å². The molecule has 0 bridgehead atoms. The van der Waals surface area contributed by atoms with Gasteiger partial charge in [-0.15, -0.1) is 0 Å². The van der Waals surface area contributed by atoms with E-state index < -0.39 is 28.5 Å². The van der Waals surface area contributed by atoms with E-state index in [0.717, 1.165) is 60.8 Å². The van der Waals surface area contributed by atoms with Crippen LogP contribution in [0, 0.1) is 6.92 Å². The van der Waals surface area contributed by atoms with Gasteiger partial charge in [0.05, 0.1) is 10.6 Å². The molecule has 1 fully saturated rings. The SMILES string of the molecule is CCc1ccc(N(CC(=O)N(Cc2cccc(C)c2)[C@@H](Cc2ccccc2)C(=O)NC2CCCCC2)S(=O)(=O)c2ccccc2)cc1. The number of benzene rings is 4. The number of nitrogens with one attached hydrogen (secondary N) is 1. The largest absolute Gasteiger partial charge is 0.352 e. The maximum Gasteiger partial charge on any atom is 0.264 e. The lowest BCUT2D eigenvalue weighted by Crippen LogP contribution is -2.55. The number of rotatable bonds is 13. The van der Waals surface area contributed by atoms with Crippen molar-refractivity contribution in [1.82, 2.24) is 10.2 Å². The summed E-state index contributed by atoms with van der Waals surface area (Å²) in [5.41, 5.74) is 4.26. The summed E-state index contributed by atoms with van der Waals surface area (Å²) in [4.78, 5) is 30.6. The van der Waals surface area contributed by atoms with E-state index in [-0.39, 0.29) is 23.4 Å². The molecule has 1 atom stereocenters. The van der Waals surface area contributed by atoms with Crippen LogP contribution < -0.4 is 9.62 Å². The van der Waals surface area contributed by atoms with E-state index in [1.807, 2.05) is 80.6 Å². The first-order chi connectivity index (χ1) is 22.7. The zero-order chi connectivity index (χ0) is 33.2. The Morgan fingerprint density at radius 3 is 2.06 bits per heavy atom. The molecule has 1 aliphatic carbocycles. The molecule has 0 saturated heterocycles. The van der Waals surface area contributed by atoms with E-state index in [1.165, 1.54) is 16.4 Å². The Kier molecular flexibility index (Phi) is 11.5. The van der Waals surface area contributed by atoms with Gasteiger partial charge in [0.15, 0.2) is 0 Å². The van der Waals surface area contributed by atoms with Gasteiger partial charge in [0.1, 0.15) is 12.6 Å². The van der Waals surface area contributed by atoms with Crippen LogP contribution in [0.3, 0.4) is 0 Å². The Bertz CT molecular complexity index is 1720. The summed E-state index contributed by atoms with van der Waals surface area (Å²) in [7, 11) is -4.12. The summed E-state index contributed by atoms with van der Waals surface area (Å²) in [5, 5.41) is 3.26. The molecule has 1 saturated carbocycles. The summed E-state index contributed by atoms with van der Waals surface area (Å²) in [5.74, 6) is -0.670. The van der Waals surface area contributed by atoms with Crippen LogP contribution in [-0.4, -0.2) is 43.8 Å².